The SMILES string of the molecule is Cc1nccn1-c1ccnc(N(C)C)n1. The van der Waals surface area contributed by atoms with Crippen LogP contribution in [-0.4, -0.2) is 33.6 Å². The topological polar surface area (TPSA) is 46.8 Å². The van der Waals surface area contributed by atoms with Crippen molar-refractivity contribution in [3.05, 3.63) is 30.5 Å². The Kier molecular flexibility index (Phi) is 2.37. The highest BCUT2D eigenvalue weighted by Gasteiger charge is 2.04. The Morgan fingerprint density at radius 1 is 1.20 bits per heavy atom. The van der Waals surface area contributed by atoms with Crippen molar-refractivity contribution in [2.75, 3.05) is 19.0 Å². The number of hydrogen-bond acceptors (Lipinski definition) is 4. The summed E-state index contributed by atoms with van der Waals surface area (Å²) in [4.78, 5) is 14.6. The quantitative estimate of drug-likeness (QED) is 0.731. The summed E-state index contributed by atoms with van der Waals surface area (Å²) < 4.78 is 1.93. The van der Waals surface area contributed by atoms with Crippen LogP contribution in [0.2, 0.25) is 0 Å². The Labute approximate surface area is 88.4 Å². The summed E-state index contributed by atoms with van der Waals surface area (Å²) in [5, 5.41) is 0. The summed E-state index contributed by atoms with van der Waals surface area (Å²) in [6, 6.07) is 1.86. The van der Waals surface area contributed by atoms with Gasteiger partial charge in [-0.05, 0) is 13.0 Å². The molecule has 0 aliphatic heterocycles. The van der Waals surface area contributed by atoms with Crippen LogP contribution in [0.1, 0.15) is 5.82 Å². The van der Waals surface area contributed by atoms with Gasteiger partial charge >= 0.3 is 0 Å². The number of rotatable bonds is 2. The van der Waals surface area contributed by atoms with Gasteiger partial charge in [-0.2, -0.15) is 4.98 Å². The standard InChI is InChI=1S/C10H13N5/c1-8-11-6-7-15(8)9-4-5-12-10(13-9)14(2)3/h4-7H,1-3H3. The molecule has 2 aromatic rings. The van der Waals surface area contributed by atoms with Gasteiger partial charge in [0.05, 0.1) is 0 Å². The maximum atomic E-state index is 4.41. The Bertz CT molecular complexity index is 460. The van der Waals surface area contributed by atoms with Crippen LogP contribution in [-0.2, 0) is 0 Å². The van der Waals surface area contributed by atoms with Crippen LogP contribution in [0.5, 0.6) is 0 Å². The molecule has 0 spiro atoms. The van der Waals surface area contributed by atoms with Crippen molar-refractivity contribution in [1.82, 2.24) is 19.5 Å². The van der Waals surface area contributed by atoms with E-state index >= 15 is 0 Å². The van der Waals surface area contributed by atoms with Crippen molar-refractivity contribution in [3.63, 3.8) is 0 Å². The van der Waals surface area contributed by atoms with Gasteiger partial charge in [-0.3, -0.25) is 4.57 Å². The van der Waals surface area contributed by atoms with E-state index in [4.69, 9.17) is 0 Å². The smallest absolute Gasteiger partial charge is 0.226 e. The average Bonchev–Trinajstić information content (AvgIpc) is 2.64. The number of imidazole rings is 1. The van der Waals surface area contributed by atoms with Crippen molar-refractivity contribution in [2.24, 2.45) is 0 Å². The number of hydrogen-bond donors (Lipinski definition) is 0. The van der Waals surface area contributed by atoms with Crippen LogP contribution in [0, 0.1) is 6.92 Å². The highest BCUT2D eigenvalue weighted by molar-refractivity contribution is 5.33. The molecule has 0 saturated heterocycles. The first-order valence-electron chi connectivity index (χ1n) is 4.69. The van der Waals surface area contributed by atoms with Gasteiger partial charge in [0.1, 0.15) is 11.6 Å². The molecule has 0 amide bonds. The zero-order chi connectivity index (χ0) is 10.8. The highest BCUT2D eigenvalue weighted by atomic mass is 15.2. The molecule has 0 bridgehead atoms. The second-order valence-corrected chi connectivity index (χ2v) is 3.45. The number of aromatic nitrogens is 4. The lowest BCUT2D eigenvalue weighted by Crippen LogP contribution is -2.13. The van der Waals surface area contributed by atoms with Gasteiger partial charge in [0.25, 0.3) is 0 Å². The largest absolute Gasteiger partial charge is 0.347 e. The van der Waals surface area contributed by atoms with Crippen LogP contribution in [0.15, 0.2) is 24.7 Å². The first-order chi connectivity index (χ1) is 7.18. The molecule has 0 aliphatic carbocycles. The van der Waals surface area contributed by atoms with E-state index in [-0.39, 0.29) is 0 Å². The Hall–Kier alpha value is -1.91. The minimum atomic E-state index is 0.695. The lowest BCUT2D eigenvalue weighted by Gasteiger charge is -2.11. The summed E-state index contributed by atoms with van der Waals surface area (Å²) in [6.07, 6.45) is 5.39. The van der Waals surface area contributed by atoms with Crippen LogP contribution < -0.4 is 4.90 Å². The zero-order valence-electron chi connectivity index (χ0n) is 9.05. The van der Waals surface area contributed by atoms with Crippen molar-refractivity contribution in [3.8, 4) is 5.82 Å². The molecule has 2 rings (SSSR count). The van der Waals surface area contributed by atoms with Gasteiger partial charge in [0.15, 0.2) is 0 Å². The van der Waals surface area contributed by atoms with Gasteiger partial charge in [-0.15, -0.1) is 0 Å². The second-order valence-electron chi connectivity index (χ2n) is 3.45. The summed E-state index contributed by atoms with van der Waals surface area (Å²) in [5.74, 6) is 2.45. The fourth-order valence-electron chi connectivity index (χ4n) is 1.31. The van der Waals surface area contributed by atoms with E-state index in [0.29, 0.717) is 5.95 Å². The third-order valence-electron chi connectivity index (χ3n) is 2.10. The predicted molar refractivity (Wildman–Crippen MR) is 58.2 cm³/mol. The lowest BCUT2D eigenvalue weighted by atomic mass is 10.5. The summed E-state index contributed by atoms with van der Waals surface area (Å²) >= 11 is 0. The van der Waals surface area contributed by atoms with E-state index in [1.165, 1.54) is 0 Å². The van der Waals surface area contributed by atoms with Gasteiger partial charge in [0.2, 0.25) is 5.95 Å². The predicted octanol–water partition coefficient (Wildman–Crippen LogP) is 1.04. The van der Waals surface area contributed by atoms with Crippen molar-refractivity contribution < 1.29 is 0 Å². The van der Waals surface area contributed by atoms with Crippen molar-refractivity contribution in [1.29, 1.82) is 0 Å². The van der Waals surface area contributed by atoms with E-state index in [2.05, 4.69) is 15.0 Å². The minimum absolute atomic E-state index is 0.695. The molecule has 2 aromatic heterocycles. The molecule has 0 fully saturated rings. The zero-order valence-corrected chi connectivity index (χ0v) is 9.05. The lowest BCUT2D eigenvalue weighted by molar-refractivity contribution is 0.900. The average molecular weight is 203 g/mol. The van der Waals surface area contributed by atoms with E-state index in [0.717, 1.165) is 11.6 Å². The molecule has 2 heterocycles. The fourth-order valence-corrected chi connectivity index (χ4v) is 1.31. The molecule has 0 unspecified atom stereocenters. The van der Waals surface area contributed by atoms with E-state index in [1.54, 1.807) is 12.4 Å². The van der Waals surface area contributed by atoms with Crippen molar-refractivity contribution in [2.45, 2.75) is 6.92 Å². The third kappa shape index (κ3) is 1.81. The molecule has 0 atom stereocenters. The van der Waals surface area contributed by atoms with Gasteiger partial charge in [-0.25, -0.2) is 9.97 Å². The maximum Gasteiger partial charge on any atom is 0.226 e. The summed E-state index contributed by atoms with van der Waals surface area (Å²) in [6.45, 7) is 1.94. The number of anilines is 1. The van der Waals surface area contributed by atoms with Crippen LogP contribution in [0.3, 0.4) is 0 Å². The third-order valence-corrected chi connectivity index (χ3v) is 2.10. The van der Waals surface area contributed by atoms with Crippen LogP contribution >= 0.6 is 0 Å². The monoisotopic (exact) mass is 203 g/mol. The normalized spacial score (nSPS) is 10.3. The van der Waals surface area contributed by atoms with E-state index in [9.17, 15) is 0 Å². The van der Waals surface area contributed by atoms with E-state index < -0.39 is 0 Å². The molecule has 15 heavy (non-hydrogen) atoms. The second kappa shape index (κ2) is 3.68. The fraction of sp³-hybridized carbons (Fsp3) is 0.300. The molecule has 0 N–H and O–H groups in total. The Morgan fingerprint density at radius 3 is 2.60 bits per heavy atom. The molecule has 5 nitrogen and oxygen atoms in total. The minimum Gasteiger partial charge on any atom is -0.347 e. The first kappa shape index (κ1) is 9.64. The molecule has 0 aromatic carbocycles. The maximum absolute atomic E-state index is 4.41. The van der Waals surface area contributed by atoms with Gasteiger partial charge < -0.3 is 4.90 Å². The van der Waals surface area contributed by atoms with Gasteiger partial charge in [0, 0.05) is 32.7 Å². The highest BCUT2D eigenvalue weighted by Crippen LogP contribution is 2.09. The molecule has 0 saturated carbocycles. The molecule has 0 aliphatic rings. The molecule has 0 radical (unpaired) electrons. The van der Waals surface area contributed by atoms with Crippen molar-refractivity contribution >= 4 is 5.95 Å². The summed E-state index contributed by atoms with van der Waals surface area (Å²) in [7, 11) is 3.83. The van der Waals surface area contributed by atoms with Gasteiger partial charge in [-0.1, -0.05) is 0 Å². The first-order valence-corrected chi connectivity index (χ1v) is 4.69. The molecular formula is C10H13N5. The molecule has 5 heteroatoms. The summed E-state index contributed by atoms with van der Waals surface area (Å²) in [5.41, 5.74) is 0. The Balaban J connectivity index is 2.46. The Morgan fingerprint density at radius 2 is 2.00 bits per heavy atom. The van der Waals surface area contributed by atoms with E-state index in [1.807, 2.05) is 42.7 Å². The van der Waals surface area contributed by atoms with Crippen LogP contribution in [0.4, 0.5) is 5.95 Å². The molecular weight excluding hydrogens is 190 g/mol. The number of aryl methyl sites for hydroxylation is 1. The van der Waals surface area contributed by atoms with Crippen LogP contribution in [0.25, 0.3) is 5.82 Å². The number of nitrogens with zero attached hydrogens (tertiary/aromatic N) is 5. The molecule has 78 valence electrons.